The number of rotatable bonds is 5. The van der Waals surface area contributed by atoms with E-state index in [1.807, 2.05) is 0 Å². The quantitative estimate of drug-likeness (QED) is 0.648. The molecule has 4 rings (SSSR count). The average Bonchev–Trinajstić information content (AvgIpc) is 3.03. The predicted octanol–water partition coefficient (Wildman–Crippen LogP) is 2.95. The Balaban J connectivity index is 1.51. The highest BCUT2D eigenvalue weighted by molar-refractivity contribution is 6.10. The number of amides is 4. The maximum absolute atomic E-state index is 13.7. The molecule has 2 fully saturated rings. The molecule has 34 heavy (non-hydrogen) atoms. The van der Waals surface area contributed by atoms with E-state index < -0.39 is 47.4 Å². The summed E-state index contributed by atoms with van der Waals surface area (Å²) in [4.78, 5) is 40.4. The van der Waals surface area contributed by atoms with E-state index >= 15 is 0 Å². The summed E-state index contributed by atoms with van der Waals surface area (Å²) < 4.78 is 46.5. The summed E-state index contributed by atoms with van der Waals surface area (Å²) in [6, 6.07) is 11.3. The fourth-order valence-corrected chi connectivity index (χ4v) is 4.04. The number of nitrogens with one attached hydrogen (secondary N) is 2. The fourth-order valence-electron chi connectivity index (χ4n) is 4.04. The highest BCUT2D eigenvalue weighted by Crippen LogP contribution is 2.37. The largest absolute Gasteiger partial charge is 0.418 e. The number of morpholine rings is 1. The first-order chi connectivity index (χ1) is 16.1. The number of halogens is 3. The van der Waals surface area contributed by atoms with Crippen LogP contribution in [0.15, 0.2) is 48.5 Å². The van der Waals surface area contributed by atoms with Crippen LogP contribution in [-0.2, 0) is 26.0 Å². The van der Waals surface area contributed by atoms with Crippen LogP contribution < -0.4 is 15.5 Å². The number of hydrogen-bond acceptors (Lipinski definition) is 5. The van der Waals surface area contributed by atoms with Crippen molar-refractivity contribution < 1.29 is 32.3 Å². The second-order valence-corrected chi connectivity index (χ2v) is 8.19. The van der Waals surface area contributed by atoms with Gasteiger partial charge in [-0.3, -0.25) is 14.5 Å². The Labute approximate surface area is 193 Å². The lowest BCUT2D eigenvalue weighted by molar-refractivity contribution is -0.137. The van der Waals surface area contributed by atoms with Crippen LogP contribution in [-0.4, -0.2) is 55.6 Å². The molecule has 1 unspecified atom stereocenters. The van der Waals surface area contributed by atoms with E-state index in [4.69, 9.17) is 4.74 Å². The molecule has 2 aromatic rings. The van der Waals surface area contributed by atoms with Gasteiger partial charge >= 0.3 is 12.2 Å². The second-order valence-electron chi connectivity index (χ2n) is 8.19. The molecular weight excluding hydrogens is 453 g/mol. The first kappa shape index (κ1) is 23.6. The standard InChI is InChI=1S/C23H23F3N4O4/c1-22(15-5-3-2-4-6-15)20(32)30(21(33)28-22)14-19(31)27-18-8-7-16(13-17(18)23(24,25)26)29-9-11-34-12-10-29/h2-8,13H,9-12,14H2,1H3,(H,27,31)(H,28,33). The van der Waals surface area contributed by atoms with E-state index in [2.05, 4.69) is 10.6 Å². The van der Waals surface area contributed by atoms with Crippen LogP contribution in [0.25, 0.3) is 0 Å². The van der Waals surface area contributed by atoms with Crippen molar-refractivity contribution >= 4 is 29.2 Å². The molecule has 2 aliphatic rings. The molecule has 4 amide bonds. The Morgan fingerprint density at radius 3 is 2.44 bits per heavy atom. The Bertz CT molecular complexity index is 1100. The van der Waals surface area contributed by atoms with Gasteiger partial charge in [0.25, 0.3) is 5.91 Å². The van der Waals surface area contributed by atoms with Crippen LogP contribution in [0, 0.1) is 0 Å². The summed E-state index contributed by atoms with van der Waals surface area (Å²) in [6.45, 7) is 2.51. The molecule has 0 aliphatic carbocycles. The van der Waals surface area contributed by atoms with Crippen molar-refractivity contribution in [2.24, 2.45) is 0 Å². The number of urea groups is 1. The molecule has 0 aromatic heterocycles. The SMILES string of the molecule is CC1(c2ccccc2)NC(=O)N(CC(=O)Nc2ccc(N3CCOCC3)cc2C(F)(F)F)C1=O. The van der Waals surface area contributed by atoms with Crippen LogP contribution in [0.1, 0.15) is 18.1 Å². The molecule has 2 heterocycles. The smallest absolute Gasteiger partial charge is 0.378 e. The lowest BCUT2D eigenvalue weighted by Gasteiger charge is -2.29. The van der Waals surface area contributed by atoms with Gasteiger partial charge < -0.3 is 20.3 Å². The van der Waals surface area contributed by atoms with E-state index in [0.717, 1.165) is 6.07 Å². The third-order valence-corrected chi connectivity index (χ3v) is 5.89. The molecule has 2 saturated heterocycles. The molecule has 180 valence electrons. The highest BCUT2D eigenvalue weighted by atomic mass is 19.4. The van der Waals surface area contributed by atoms with Crippen molar-refractivity contribution in [1.29, 1.82) is 0 Å². The summed E-state index contributed by atoms with van der Waals surface area (Å²) in [5.74, 6) is -1.59. The van der Waals surface area contributed by atoms with Gasteiger partial charge in [-0.15, -0.1) is 0 Å². The van der Waals surface area contributed by atoms with E-state index in [1.54, 1.807) is 35.2 Å². The van der Waals surface area contributed by atoms with Gasteiger partial charge in [0.15, 0.2) is 0 Å². The molecule has 0 spiro atoms. The van der Waals surface area contributed by atoms with Crippen molar-refractivity contribution in [3.63, 3.8) is 0 Å². The second kappa shape index (κ2) is 8.98. The van der Waals surface area contributed by atoms with Crippen molar-refractivity contribution in [2.45, 2.75) is 18.6 Å². The molecule has 2 N–H and O–H groups in total. The number of alkyl halides is 3. The van der Waals surface area contributed by atoms with Gasteiger partial charge in [-0.05, 0) is 30.7 Å². The minimum atomic E-state index is -4.72. The van der Waals surface area contributed by atoms with Crippen LogP contribution in [0.5, 0.6) is 0 Å². The van der Waals surface area contributed by atoms with E-state index in [9.17, 15) is 27.6 Å². The summed E-state index contributed by atoms with van der Waals surface area (Å²) in [5.41, 5.74) is -1.96. The van der Waals surface area contributed by atoms with E-state index in [-0.39, 0.29) is 0 Å². The van der Waals surface area contributed by atoms with Crippen LogP contribution in [0.3, 0.4) is 0 Å². The van der Waals surface area contributed by atoms with Crippen LogP contribution in [0.4, 0.5) is 29.3 Å². The number of carbonyl (C=O) groups is 3. The molecule has 2 aromatic carbocycles. The maximum Gasteiger partial charge on any atom is 0.418 e. The number of ether oxygens (including phenoxy) is 1. The number of anilines is 2. The zero-order chi connectivity index (χ0) is 24.5. The van der Waals surface area contributed by atoms with Gasteiger partial charge in [0.1, 0.15) is 12.1 Å². The predicted molar refractivity (Wildman–Crippen MR) is 117 cm³/mol. The normalized spacial score (nSPS) is 20.9. The molecule has 1 atom stereocenters. The third kappa shape index (κ3) is 4.56. The van der Waals surface area contributed by atoms with Crippen molar-refractivity contribution in [3.05, 3.63) is 59.7 Å². The lowest BCUT2D eigenvalue weighted by Crippen LogP contribution is -2.42. The summed E-state index contributed by atoms with van der Waals surface area (Å²) in [6.07, 6.45) is -4.72. The maximum atomic E-state index is 13.7. The summed E-state index contributed by atoms with van der Waals surface area (Å²) in [5, 5.41) is 4.76. The molecular formula is C23H23F3N4O4. The van der Waals surface area contributed by atoms with Gasteiger partial charge in [-0.2, -0.15) is 13.2 Å². The van der Waals surface area contributed by atoms with Gasteiger partial charge in [0.2, 0.25) is 5.91 Å². The lowest BCUT2D eigenvalue weighted by atomic mass is 9.92. The van der Waals surface area contributed by atoms with E-state index in [1.165, 1.54) is 19.1 Å². The summed E-state index contributed by atoms with van der Waals surface area (Å²) in [7, 11) is 0. The highest BCUT2D eigenvalue weighted by Gasteiger charge is 2.49. The zero-order valence-electron chi connectivity index (χ0n) is 18.3. The van der Waals surface area contributed by atoms with Crippen molar-refractivity contribution in [1.82, 2.24) is 10.2 Å². The average molecular weight is 476 g/mol. The number of imide groups is 1. The van der Waals surface area contributed by atoms with Crippen molar-refractivity contribution in [2.75, 3.05) is 43.1 Å². The minimum absolute atomic E-state index is 0.362. The van der Waals surface area contributed by atoms with Crippen LogP contribution >= 0.6 is 0 Å². The summed E-state index contributed by atoms with van der Waals surface area (Å²) >= 11 is 0. The van der Waals surface area contributed by atoms with Gasteiger partial charge in [-0.1, -0.05) is 30.3 Å². The number of hydrogen-bond donors (Lipinski definition) is 2. The Morgan fingerprint density at radius 2 is 1.79 bits per heavy atom. The molecule has 0 radical (unpaired) electrons. The Morgan fingerprint density at radius 1 is 1.12 bits per heavy atom. The Hall–Kier alpha value is -3.60. The van der Waals surface area contributed by atoms with E-state index in [0.29, 0.717) is 42.5 Å². The van der Waals surface area contributed by atoms with Gasteiger partial charge in [-0.25, -0.2) is 4.79 Å². The molecule has 0 saturated carbocycles. The Kier molecular flexibility index (Phi) is 6.22. The number of benzene rings is 2. The van der Waals surface area contributed by atoms with Crippen molar-refractivity contribution in [3.8, 4) is 0 Å². The van der Waals surface area contributed by atoms with Gasteiger partial charge in [0, 0.05) is 18.8 Å². The molecule has 8 nitrogen and oxygen atoms in total. The van der Waals surface area contributed by atoms with Gasteiger partial charge in [0.05, 0.1) is 24.5 Å². The fraction of sp³-hybridized carbons (Fsp3) is 0.348. The third-order valence-electron chi connectivity index (χ3n) is 5.89. The first-order valence-electron chi connectivity index (χ1n) is 10.6. The number of carbonyl (C=O) groups excluding carboxylic acids is 3. The molecule has 2 aliphatic heterocycles. The molecule has 0 bridgehead atoms. The minimum Gasteiger partial charge on any atom is -0.378 e. The number of nitrogens with zero attached hydrogens (tertiary/aromatic N) is 2. The first-order valence-corrected chi connectivity index (χ1v) is 10.6. The topological polar surface area (TPSA) is 91.0 Å². The van der Waals surface area contributed by atoms with Crippen LogP contribution in [0.2, 0.25) is 0 Å². The monoisotopic (exact) mass is 476 g/mol. The molecule has 11 heteroatoms. The zero-order valence-corrected chi connectivity index (χ0v) is 18.3.